The summed E-state index contributed by atoms with van der Waals surface area (Å²) in [5.41, 5.74) is 8.56. The van der Waals surface area contributed by atoms with E-state index in [1.807, 2.05) is 46.9 Å². The lowest BCUT2D eigenvalue weighted by molar-refractivity contribution is 1.29. The van der Waals surface area contributed by atoms with Crippen LogP contribution in [-0.2, 0) is 0 Å². The molecule has 0 spiro atoms. The molecule has 2 heterocycles. The largest absolute Gasteiger partial charge is 0.310 e. The number of anilines is 3. The molecule has 0 aliphatic carbocycles. The summed E-state index contributed by atoms with van der Waals surface area (Å²) in [6.45, 7) is 0. The molecule has 0 saturated carbocycles. The molecule has 9 aromatic carbocycles. The molecule has 0 amide bonds. The van der Waals surface area contributed by atoms with E-state index >= 15 is 0 Å². The average Bonchev–Trinajstić information content (AvgIpc) is 3.83. The van der Waals surface area contributed by atoms with E-state index in [9.17, 15) is 5.26 Å². The van der Waals surface area contributed by atoms with Crippen LogP contribution in [0.3, 0.4) is 0 Å². The Balaban J connectivity index is 1.02. The van der Waals surface area contributed by atoms with Gasteiger partial charge in [-0.05, 0) is 104 Å². The number of nitriles is 1. The Bertz CT molecular complexity index is 3160. The highest BCUT2D eigenvalue weighted by Crippen LogP contribution is 2.44. The minimum atomic E-state index is 0.670. The monoisotopic (exact) mass is 734 g/mol. The fraction of sp³-hybridized carbons (Fsp3) is 0. The van der Waals surface area contributed by atoms with Crippen LogP contribution in [-0.4, -0.2) is 0 Å². The zero-order chi connectivity index (χ0) is 36.5. The van der Waals surface area contributed by atoms with E-state index in [4.69, 9.17) is 0 Å². The van der Waals surface area contributed by atoms with Crippen LogP contribution in [0.1, 0.15) is 5.56 Å². The number of hydrogen-bond acceptors (Lipinski definition) is 4. The van der Waals surface area contributed by atoms with Gasteiger partial charge in [-0.3, -0.25) is 0 Å². The molecule has 4 heteroatoms. The molecule has 11 rings (SSSR count). The van der Waals surface area contributed by atoms with Crippen LogP contribution in [0.25, 0.3) is 84.1 Å². The summed E-state index contributed by atoms with van der Waals surface area (Å²) >= 11 is 3.76. The van der Waals surface area contributed by atoms with Gasteiger partial charge in [0.1, 0.15) is 0 Å². The molecule has 0 radical (unpaired) electrons. The van der Waals surface area contributed by atoms with Gasteiger partial charge in [-0.1, -0.05) is 121 Å². The van der Waals surface area contributed by atoms with Crippen molar-refractivity contribution in [1.29, 1.82) is 5.26 Å². The summed E-state index contributed by atoms with van der Waals surface area (Å²) < 4.78 is 5.32. The van der Waals surface area contributed by atoms with Crippen molar-refractivity contribution in [3.05, 3.63) is 188 Å². The second kappa shape index (κ2) is 12.7. The molecule has 0 aliphatic rings. The lowest BCUT2D eigenvalue weighted by Gasteiger charge is -2.26. The van der Waals surface area contributed by atoms with Crippen molar-refractivity contribution in [2.24, 2.45) is 0 Å². The zero-order valence-corrected chi connectivity index (χ0v) is 31.2. The van der Waals surface area contributed by atoms with Gasteiger partial charge < -0.3 is 4.90 Å². The fourth-order valence-electron chi connectivity index (χ4n) is 8.12. The van der Waals surface area contributed by atoms with Gasteiger partial charge >= 0.3 is 0 Å². The molecular formula is C51H30N2S2. The van der Waals surface area contributed by atoms with Crippen molar-refractivity contribution in [3.8, 4) is 28.3 Å². The lowest BCUT2D eigenvalue weighted by Crippen LogP contribution is -2.09. The summed E-state index contributed by atoms with van der Waals surface area (Å²) in [4.78, 5) is 2.39. The van der Waals surface area contributed by atoms with E-state index in [1.165, 1.54) is 61.9 Å². The van der Waals surface area contributed by atoms with Gasteiger partial charge in [0, 0.05) is 57.4 Å². The third-order valence-corrected chi connectivity index (χ3v) is 13.3. The Morgan fingerprint density at radius 3 is 1.24 bits per heavy atom. The molecular weight excluding hydrogens is 705 g/mol. The molecule has 0 fully saturated rings. The number of rotatable bonds is 5. The van der Waals surface area contributed by atoms with Crippen LogP contribution in [0, 0.1) is 11.3 Å². The number of nitrogens with zero attached hydrogens (tertiary/aromatic N) is 2. The van der Waals surface area contributed by atoms with Crippen molar-refractivity contribution in [1.82, 2.24) is 0 Å². The number of benzene rings is 9. The molecule has 0 N–H and O–H groups in total. The summed E-state index contributed by atoms with van der Waals surface area (Å²) in [5.74, 6) is 0. The first-order valence-corrected chi connectivity index (χ1v) is 20.0. The third-order valence-electron chi connectivity index (χ3n) is 10.9. The number of hydrogen-bond donors (Lipinski definition) is 0. The Hall–Kier alpha value is -6.77. The smallest absolute Gasteiger partial charge is 0.0991 e. The normalized spacial score (nSPS) is 11.6. The van der Waals surface area contributed by atoms with Gasteiger partial charge in [0.05, 0.1) is 11.6 Å². The van der Waals surface area contributed by atoms with Crippen LogP contribution >= 0.6 is 22.7 Å². The highest BCUT2D eigenvalue weighted by atomic mass is 32.1. The fourth-order valence-corrected chi connectivity index (χ4v) is 10.6. The quantitative estimate of drug-likeness (QED) is 0.176. The predicted molar refractivity (Wildman–Crippen MR) is 238 cm³/mol. The van der Waals surface area contributed by atoms with Crippen molar-refractivity contribution in [3.63, 3.8) is 0 Å². The Morgan fingerprint density at radius 2 is 0.764 bits per heavy atom. The second-order valence-electron chi connectivity index (χ2n) is 14.0. The van der Waals surface area contributed by atoms with Crippen molar-refractivity contribution >= 4 is 102 Å². The predicted octanol–water partition coefficient (Wildman–Crippen LogP) is 15.4. The van der Waals surface area contributed by atoms with E-state index in [-0.39, 0.29) is 0 Å². The van der Waals surface area contributed by atoms with Gasteiger partial charge in [0.2, 0.25) is 0 Å². The standard InChI is InChI=1S/C51H30N2S2/c52-31-32-9-11-33(12-10-32)34-13-15-35(16-14-34)36-17-21-39(22-18-36)53(40-23-27-42-37(29-40)19-25-46-44-5-1-3-7-48(44)54-50(42)46)41-24-28-43-38(30-41)20-26-47-45-6-2-4-8-49(45)55-51(43)47/h1-30H. The van der Waals surface area contributed by atoms with Crippen LogP contribution in [0.5, 0.6) is 0 Å². The maximum Gasteiger partial charge on any atom is 0.0991 e. The topological polar surface area (TPSA) is 27.0 Å². The zero-order valence-electron chi connectivity index (χ0n) is 29.5. The SMILES string of the molecule is N#Cc1ccc(-c2ccc(-c3ccc(N(c4ccc5c(ccc6c7ccccc7sc56)c4)c4ccc5c(ccc6c7ccccc7sc56)c4)cc3)cc2)cc1. The van der Waals surface area contributed by atoms with Crippen molar-refractivity contribution in [2.45, 2.75) is 0 Å². The Kier molecular flexibility index (Phi) is 7.31. The molecule has 0 atom stereocenters. The summed E-state index contributed by atoms with van der Waals surface area (Å²) in [6, 6.07) is 68.0. The van der Waals surface area contributed by atoms with Crippen molar-refractivity contribution in [2.75, 3.05) is 4.90 Å². The van der Waals surface area contributed by atoms with Gasteiger partial charge in [-0.15, -0.1) is 22.7 Å². The second-order valence-corrected chi connectivity index (χ2v) is 16.1. The van der Waals surface area contributed by atoms with E-state index in [2.05, 4.69) is 169 Å². The highest BCUT2D eigenvalue weighted by molar-refractivity contribution is 7.27. The maximum absolute atomic E-state index is 9.19. The van der Waals surface area contributed by atoms with Crippen LogP contribution < -0.4 is 4.90 Å². The molecule has 2 nitrogen and oxygen atoms in total. The van der Waals surface area contributed by atoms with Gasteiger partial charge in [-0.25, -0.2) is 0 Å². The maximum atomic E-state index is 9.19. The lowest BCUT2D eigenvalue weighted by atomic mass is 9.99. The van der Waals surface area contributed by atoms with Crippen molar-refractivity contribution < 1.29 is 0 Å². The van der Waals surface area contributed by atoms with Crippen LogP contribution in [0.4, 0.5) is 17.1 Å². The first-order valence-electron chi connectivity index (χ1n) is 18.4. The van der Waals surface area contributed by atoms with E-state index in [1.54, 1.807) is 0 Å². The Morgan fingerprint density at radius 1 is 0.364 bits per heavy atom. The third kappa shape index (κ3) is 5.28. The number of thiophene rings is 2. The minimum absolute atomic E-state index is 0.670. The van der Waals surface area contributed by atoms with E-state index in [0.29, 0.717) is 5.56 Å². The summed E-state index contributed by atoms with van der Waals surface area (Å²) in [5, 5.41) is 19.5. The molecule has 0 unspecified atom stereocenters. The first-order chi connectivity index (χ1) is 27.2. The molecule has 2 aromatic heterocycles. The molecule has 0 bridgehead atoms. The number of fused-ring (bicyclic) bond motifs is 10. The highest BCUT2D eigenvalue weighted by Gasteiger charge is 2.17. The molecule has 11 aromatic rings. The Labute approximate surface area is 326 Å². The van der Waals surface area contributed by atoms with Gasteiger partial charge in [0.15, 0.2) is 0 Å². The van der Waals surface area contributed by atoms with E-state index in [0.717, 1.165) is 39.3 Å². The van der Waals surface area contributed by atoms with E-state index < -0.39 is 0 Å². The van der Waals surface area contributed by atoms with Gasteiger partial charge in [-0.2, -0.15) is 5.26 Å². The molecule has 0 saturated heterocycles. The van der Waals surface area contributed by atoms with Crippen LogP contribution in [0.2, 0.25) is 0 Å². The average molecular weight is 735 g/mol. The van der Waals surface area contributed by atoms with Gasteiger partial charge in [0.25, 0.3) is 0 Å². The minimum Gasteiger partial charge on any atom is -0.310 e. The molecule has 0 aliphatic heterocycles. The van der Waals surface area contributed by atoms with Crippen LogP contribution in [0.15, 0.2) is 182 Å². The summed E-state index contributed by atoms with van der Waals surface area (Å²) in [7, 11) is 0. The molecule has 256 valence electrons. The molecule has 55 heavy (non-hydrogen) atoms. The summed E-state index contributed by atoms with van der Waals surface area (Å²) in [6.07, 6.45) is 0. The first kappa shape index (κ1) is 31.7.